The Hall–Kier alpha value is -1.45. The predicted molar refractivity (Wildman–Crippen MR) is 93.0 cm³/mol. The number of hydrogen-bond donors (Lipinski definition) is 1. The van der Waals surface area contributed by atoms with Gasteiger partial charge in [-0.3, -0.25) is 4.79 Å². The summed E-state index contributed by atoms with van der Waals surface area (Å²) in [7, 11) is -2.18. The lowest BCUT2D eigenvalue weighted by molar-refractivity contribution is -0.120. The molecular formula is C15H22N2O5S2. The molecule has 2 rings (SSSR count). The van der Waals surface area contributed by atoms with E-state index in [1.165, 1.54) is 22.8 Å². The van der Waals surface area contributed by atoms with Gasteiger partial charge in [0.25, 0.3) is 0 Å². The molecule has 1 unspecified atom stereocenters. The maximum atomic E-state index is 12.6. The van der Waals surface area contributed by atoms with E-state index in [2.05, 4.69) is 5.32 Å². The highest BCUT2D eigenvalue weighted by atomic mass is 32.2. The first kappa shape index (κ1) is 18.9. The van der Waals surface area contributed by atoms with E-state index >= 15 is 0 Å². The average Bonchev–Trinajstić information content (AvgIpc) is 2.80. The van der Waals surface area contributed by atoms with Crippen LogP contribution in [-0.2, 0) is 19.6 Å². The van der Waals surface area contributed by atoms with E-state index in [1.807, 2.05) is 6.92 Å². The SMILES string of the molecule is COC(=O)c1c(NC(=O)C2CCCCN2S(C)(=O)=O)sc(C)c1C. The molecule has 24 heavy (non-hydrogen) atoms. The van der Waals surface area contributed by atoms with E-state index in [1.54, 1.807) is 6.92 Å². The molecule has 1 aliphatic rings. The Morgan fingerprint density at radius 2 is 1.96 bits per heavy atom. The van der Waals surface area contributed by atoms with Gasteiger partial charge < -0.3 is 10.1 Å². The second-order valence-electron chi connectivity index (χ2n) is 5.85. The van der Waals surface area contributed by atoms with Crippen molar-refractivity contribution in [2.75, 3.05) is 25.2 Å². The first-order chi connectivity index (χ1) is 11.2. The molecule has 0 spiro atoms. The van der Waals surface area contributed by atoms with E-state index in [0.717, 1.165) is 29.5 Å². The number of rotatable bonds is 4. The number of hydrogen-bond acceptors (Lipinski definition) is 6. The fourth-order valence-corrected chi connectivity index (χ4v) is 5.00. The Kier molecular flexibility index (Phi) is 5.67. The topological polar surface area (TPSA) is 92.8 Å². The second-order valence-corrected chi connectivity index (χ2v) is 9.01. The van der Waals surface area contributed by atoms with Gasteiger partial charge in [0.15, 0.2) is 0 Å². The van der Waals surface area contributed by atoms with Crippen LogP contribution in [0, 0.1) is 13.8 Å². The number of aryl methyl sites for hydroxylation is 1. The molecule has 1 aromatic rings. The molecular weight excluding hydrogens is 352 g/mol. The van der Waals surface area contributed by atoms with Gasteiger partial charge in [0, 0.05) is 11.4 Å². The largest absolute Gasteiger partial charge is 0.465 e. The number of methoxy groups -OCH3 is 1. The van der Waals surface area contributed by atoms with Gasteiger partial charge >= 0.3 is 5.97 Å². The Bertz CT molecular complexity index is 754. The molecule has 1 N–H and O–H groups in total. The highest BCUT2D eigenvalue weighted by Crippen LogP contribution is 2.33. The number of carbonyl (C=O) groups is 2. The van der Waals surface area contributed by atoms with Gasteiger partial charge in [-0.05, 0) is 32.3 Å². The Balaban J connectivity index is 2.29. The third-order valence-corrected chi connectivity index (χ3v) is 6.61. The van der Waals surface area contributed by atoms with E-state index in [4.69, 9.17) is 4.74 Å². The summed E-state index contributed by atoms with van der Waals surface area (Å²) in [6, 6.07) is -0.748. The van der Waals surface area contributed by atoms with Crippen molar-refractivity contribution in [2.24, 2.45) is 0 Å². The van der Waals surface area contributed by atoms with Crippen molar-refractivity contribution in [2.45, 2.75) is 39.2 Å². The highest BCUT2D eigenvalue weighted by molar-refractivity contribution is 7.88. The van der Waals surface area contributed by atoms with Crippen LogP contribution in [0.25, 0.3) is 0 Å². The molecule has 1 aliphatic heterocycles. The van der Waals surface area contributed by atoms with Crippen molar-refractivity contribution < 1.29 is 22.7 Å². The van der Waals surface area contributed by atoms with Crippen LogP contribution >= 0.6 is 11.3 Å². The molecule has 134 valence electrons. The molecule has 9 heteroatoms. The van der Waals surface area contributed by atoms with Crippen LogP contribution in [-0.4, -0.2) is 50.6 Å². The number of anilines is 1. The molecule has 0 bridgehead atoms. The van der Waals surface area contributed by atoms with Gasteiger partial charge in [0.05, 0.1) is 18.9 Å². The van der Waals surface area contributed by atoms with Crippen LogP contribution in [0.4, 0.5) is 5.00 Å². The maximum Gasteiger partial charge on any atom is 0.341 e. The number of thiophene rings is 1. The molecule has 2 heterocycles. The van der Waals surface area contributed by atoms with E-state index < -0.39 is 27.9 Å². The van der Waals surface area contributed by atoms with Crippen molar-refractivity contribution in [3.63, 3.8) is 0 Å². The third-order valence-electron chi connectivity index (χ3n) is 4.19. The average molecular weight is 374 g/mol. The number of amides is 1. The third kappa shape index (κ3) is 3.79. The van der Waals surface area contributed by atoms with Crippen LogP contribution in [0.1, 0.15) is 40.1 Å². The molecule has 0 aromatic carbocycles. The predicted octanol–water partition coefficient (Wildman–Crippen LogP) is 1.90. The maximum absolute atomic E-state index is 12.6. The molecule has 1 amide bonds. The number of ether oxygens (including phenoxy) is 1. The fraction of sp³-hybridized carbons (Fsp3) is 0.600. The minimum Gasteiger partial charge on any atom is -0.465 e. The van der Waals surface area contributed by atoms with Gasteiger partial charge in [-0.15, -0.1) is 11.3 Å². The Labute approximate surface area is 146 Å². The zero-order valence-electron chi connectivity index (χ0n) is 14.2. The number of esters is 1. The van der Waals surface area contributed by atoms with E-state index in [0.29, 0.717) is 23.5 Å². The number of carbonyl (C=O) groups excluding carboxylic acids is 2. The first-order valence-electron chi connectivity index (χ1n) is 7.62. The highest BCUT2D eigenvalue weighted by Gasteiger charge is 2.35. The smallest absolute Gasteiger partial charge is 0.341 e. The fourth-order valence-electron chi connectivity index (χ4n) is 2.82. The van der Waals surface area contributed by atoms with Crippen LogP contribution < -0.4 is 5.32 Å². The van der Waals surface area contributed by atoms with Crippen molar-refractivity contribution in [3.05, 3.63) is 16.0 Å². The van der Waals surface area contributed by atoms with E-state index in [-0.39, 0.29) is 0 Å². The van der Waals surface area contributed by atoms with Crippen LogP contribution in [0.5, 0.6) is 0 Å². The molecule has 1 atom stereocenters. The lowest BCUT2D eigenvalue weighted by Gasteiger charge is -2.32. The van der Waals surface area contributed by atoms with Gasteiger partial charge in [-0.25, -0.2) is 13.2 Å². The lowest BCUT2D eigenvalue weighted by Crippen LogP contribution is -2.49. The number of nitrogens with zero attached hydrogens (tertiary/aromatic N) is 1. The van der Waals surface area contributed by atoms with Crippen molar-refractivity contribution in [1.29, 1.82) is 0 Å². The second kappa shape index (κ2) is 7.20. The minimum absolute atomic E-state index is 0.329. The number of piperidine rings is 1. The monoisotopic (exact) mass is 374 g/mol. The quantitative estimate of drug-likeness (QED) is 0.813. The zero-order valence-corrected chi connectivity index (χ0v) is 15.8. The van der Waals surface area contributed by atoms with Crippen molar-refractivity contribution in [1.82, 2.24) is 4.31 Å². The molecule has 1 aromatic heterocycles. The van der Waals surface area contributed by atoms with Gasteiger partial charge in [0.1, 0.15) is 11.0 Å². The van der Waals surface area contributed by atoms with Crippen LogP contribution in [0.3, 0.4) is 0 Å². The summed E-state index contributed by atoms with van der Waals surface area (Å²) in [6.07, 6.45) is 3.10. The summed E-state index contributed by atoms with van der Waals surface area (Å²) in [6.45, 7) is 3.98. The molecule has 1 saturated heterocycles. The standard InChI is InChI=1S/C15H22N2O5S2/c1-9-10(2)23-14(12(9)15(19)22-3)16-13(18)11-7-5-6-8-17(11)24(4,20)21/h11H,5-8H2,1-4H3,(H,16,18). The normalized spacial score (nSPS) is 19.1. The van der Waals surface area contributed by atoms with Gasteiger partial charge in [-0.2, -0.15) is 4.31 Å². The zero-order chi connectivity index (χ0) is 18.1. The van der Waals surface area contributed by atoms with Crippen LogP contribution in [0.15, 0.2) is 0 Å². The molecule has 0 saturated carbocycles. The van der Waals surface area contributed by atoms with E-state index in [9.17, 15) is 18.0 Å². The summed E-state index contributed by atoms with van der Waals surface area (Å²) in [5, 5.41) is 3.14. The Morgan fingerprint density at radius 1 is 1.29 bits per heavy atom. The molecule has 7 nitrogen and oxygen atoms in total. The van der Waals surface area contributed by atoms with Gasteiger partial charge in [-0.1, -0.05) is 6.42 Å². The minimum atomic E-state index is -3.46. The van der Waals surface area contributed by atoms with Crippen molar-refractivity contribution >= 4 is 38.2 Å². The molecule has 0 aliphatic carbocycles. The summed E-state index contributed by atoms with van der Waals surface area (Å²) in [5.74, 6) is -0.928. The summed E-state index contributed by atoms with van der Waals surface area (Å²) < 4.78 is 29.8. The number of sulfonamides is 1. The van der Waals surface area contributed by atoms with Crippen LogP contribution in [0.2, 0.25) is 0 Å². The number of nitrogens with one attached hydrogen (secondary N) is 1. The van der Waals surface area contributed by atoms with Crippen molar-refractivity contribution in [3.8, 4) is 0 Å². The molecule has 0 radical (unpaired) electrons. The Morgan fingerprint density at radius 3 is 2.54 bits per heavy atom. The molecule has 1 fully saturated rings. The van der Waals surface area contributed by atoms with Gasteiger partial charge in [0.2, 0.25) is 15.9 Å². The first-order valence-corrected chi connectivity index (χ1v) is 10.3. The summed E-state index contributed by atoms with van der Waals surface area (Å²) in [4.78, 5) is 25.5. The lowest BCUT2D eigenvalue weighted by atomic mass is 10.0. The summed E-state index contributed by atoms with van der Waals surface area (Å²) in [5.41, 5.74) is 1.08. The summed E-state index contributed by atoms with van der Waals surface area (Å²) >= 11 is 1.28.